The Morgan fingerprint density at radius 3 is 2.48 bits per heavy atom. The second-order valence-electron chi connectivity index (χ2n) is 5.52. The molecule has 2 N–H and O–H groups in total. The highest BCUT2D eigenvalue weighted by atomic mass is 19.1. The smallest absolute Gasteiger partial charge is 0.407 e. The standard InChI is InChI=1S/C15H21FN2O3/c1-5-17-13(19)12-8-11(16)7-6-10(12)9-18-14(20)21-15(2,3)4/h6-8H,5,9H2,1-4H3,(H,17,19)(H,18,20). The molecule has 0 atom stereocenters. The Morgan fingerprint density at radius 1 is 1.24 bits per heavy atom. The van der Waals surface area contributed by atoms with Crippen molar-refractivity contribution >= 4 is 12.0 Å². The maximum Gasteiger partial charge on any atom is 0.407 e. The van der Waals surface area contributed by atoms with Crippen LogP contribution in [0.15, 0.2) is 18.2 Å². The van der Waals surface area contributed by atoms with Gasteiger partial charge in [0.15, 0.2) is 0 Å². The van der Waals surface area contributed by atoms with Gasteiger partial charge in [-0.1, -0.05) is 6.07 Å². The van der Waals surface area contributed by atoms with E-state index in [1.165, 1.54) is 12.1 Å². The van der Waals surface area contributed by atoms with E-state index in [0.717, 1.165) is 6.07 Å². The van der Waals surface area contributed by atoms with Gasteiger partial charge in [0.1, 0.15) is 11.4 Å². The van der Waals surface area contributed by atoms with Gasteiger partial charge in [-0.15, -0.1) is 0 Å². The maximum atomic E-state index is 13.3. The Balaban J connectivity index is 2.79. The largest absolute Gasteiger partial charge is 0.444 e. The molecule has 6 heteroatoms. The van der Waals surface area contributed by atoms with Crippen molar-refractivity contribution in [2.75, 3.05) is 6.54 Å². The van der Waals surface area contributed by atoms with Crippen LogP contribution >= 0.6 is 0 Å². The SMILES string of the molecule is CCNC(=O)c1cc(F)ccc1CNC(=O)OC(C)(C)C. The van der Waals surface area contributed by atoms with E-state index in [9.17, 15) is 14.0 Å². The van der Waals surface area contributed by atoms with Crippen LogP contribution in [-0.4, -0.2) is 24.1 Å². The van der Waals surface area contributed by atoms with Crippen molar-refractivity contribution in [3.8, 4) is 0 Å². The van der Waals surface area contributed by atoms with Crippen LogP contribution in [0.1, 0.15) is 43.6 Å². The van der Waals surface area contributed by atoms with Crippen LogP contribution in [0.25, 0.3) is 0 Å². The van der Waals surface area contributed by atoms with E-state index < -0.39 is 17.5 Å². The van der Waals surface area contributed by atoms with Gasteiger partial charge in [-0.25, -0.2) is 9.18 Å². The van der Waals surface area contributed by atoms with E-state index in [1.54, 1.807) is 27.7 Å². The Hall–Kier alpha value is -2.11. The third kappa shape index (κ3) is 5.81. The third-order valence-electron chi connectivity index (χ3n) is 2.48. The van der Waals surface area contributed by atoms with Crippen LogP contribution in [-0.2, 0) is 11.3 Å². The predicted molar refractivity (Wildman–Crippen MR) is 77.5 cm³/mol. The molecule has 0 saturated heterocycles. The molecule has 1 rings (SSSR count). The zero-order valence-electron chi connectivity index (χ0n) is 12.7. The van der Waals surface area contributed by atoms with Crippen LogP contribution in [0.2, 0.25) is 0 Å². The topological polar surface area (TPSA) is 67.4 Å². The summed E-state index contributed by atoms with van der Waals surface area (Å²) in [5, 5.41) is 5.15. The monoisotopic (exact) mass is 296 g/mol. The highest BCUT2D eigenvalue weighted by Gasteiger charge is 2.17. The average Bonchev–Trinajstić information content (AvgIpc) is 2.35. The minimum absolute atomic E-state index is 0.0850. The maximum absolute atomic E-state index is 13.3. The summed E-state index contributed by atoms with van der Waals surface area (Å²) in [5.41, 5.74) is 0.121. The molecule has 0 fully saturated rings. The number of halogens is 1. The molecule has 0 heterocycles. The van der Waals surface area contributed by atoms with Gasteiger partial charge >= 0.3 is 6.09 Å². The summed E-state index contributed by atoms with van der Waals surface area (Å²) in [6.45, 7) is 7.56. The number of alkyl carbamates (subject to hydrolysis) is 1. The van der Waals surface area contributed by atoms with Crippen LogP contribution < -0.4 is 10.6 Å². The van der Waals surface area contributed by atoms with E-state index in [-0.39, 0.29) is 18.0 Å². The van der Waals surface area contributed by atoms with Crippen LogP contribution in [0, 0.1) is 5.82 Å². The van der Waals surface area contributed by atoms with Crippen molar-refractivity contribution in [3.05, 3.63) is 35.1 Å². The first-order valence-electron chi connectivity index (χ1n) is 6.76. The van der Waals surface area contributed by atoms with Gasteiger partial charge in [-0.05, 0) is 45.4 Å². The van der Waals surface area contributed by atoms with Gasteiger partial charge in [0.2, 0.25) is 0 Å². The molecule has 0 spiro atoms. The molecule has 0 radical (unpaired) electrons. The molecule has 1 aromatic rings. The Morgan fingerprint density at radius 2 is 1.90 bits per heavy atom. The summed E-state index contributed by atoms with van der Waals surface area (Å²) in [6, 6.07) is 3.86. The lowest BCUT2D eigenvalue weighted by molar-refractivity contribution is 0.0522. The van der Waals surface area contributed by atoms with Crippen molar-refractivity contribution in [3.63, 3.8) is 0 Å². The van der Waals surface area contributed by atoms with E-state index in [1.807, 2.05) is 0 Å². The van der Waals surface area contributed by atoms with E-state index in [2.05, 4.69) is 10.6 Å². The Bertz CT molecular complexity index is 524. The minimum Gasteiger partial charge on any atom is -0.444 e. The highest BCUT2D eigenvalue weighted by molar-refractivity contribution is 5.95. The molecule has 2 amide bonds. The fraction of sp³-hybridized carbons (Fsp3) is 0.467. The zero-order valence-corrected chi connectivity index (χ0v) is 12.7. The fourth-order valence-electron chi connectivity index (χ4n) is 1.65. The molecule has 21 heavy (non-hydrogen) atoms. The number of amides is 2. The Labute approximate surface area is 123 Å². The molecule has 5 nitrogen and oxygen atoms in total. The molecule has 0 bridgehead atoms. The average molecular weight is 296 g/mol. The van der Waals surface area contributed by atoms with Gasteiger partial charge in [-0.2, -0.15) is 0 Å². The van der Waals surface area contributed by atoms with E-state index in [0.29, 0.717) is 12.1 Å². The van der Waals surface area contributed by atoms with Gasteiger partial charge in [0, 0.05) is 18.7 Å². The van der Waals surface area contributed by atoms with Crippen molar-refractivity contribution < 1.29 is 18.7 Å². The van der Waals surface area contributed by atoms with E-state index in [4.69, 9.17) is 4.74 Å². The fourth-order valence-corrected chi connectivity index (χ4v) is 1.65. The van der Waals surface area contributed by atoms with Gasteiger partial charge in [-0.3, -0.25) is 4.79 Å². The predicted octanol–water partition coefficient (Wildman–Crippen LogP) is 2.60. The quantitative estimate of drug-likeness (QED) is 0.897. The molecule has 0 saturated carbocycles. The lowest BCUT2D eigenvalue weighted by atomic mass is 10.1. The van der Waals surface area contributed by atoms with Gasteiger partial charge < -0.3 is 15.4 Å². The second kappa shape index (κ2) is 7.06. The first-order valence-corrected chi connectivity index (χ1v) is 6.76. The van der Waals surface area contributed by atoms with Crippen LogP contribution in [0.5, 0.6) is 0 Å². The molecule has 0 aliphatic carbocycles. The molecule has 0 unspecified atom stereocenters. The molecular formula is C15H21FN2O3. The van der Waals surface area contributed by atoms with Gasteiger partial charge in [0.25, 0.3) is 5.91 Å². The van der Waals surface area contributed by atoms with Gasteiger partial charge in [0.05, 0.1) is 0 Å². The zero-order chi connectivity index (χ0) is 16.0. The number of benzene rings is 1. The first-order chi connectivity index (χ1) is 9.73. The Kier molecular flexibility index (Phi) is 5.69. The number of rotatable bonds is 4. The molecule has 1 aromatic carbocycles. The lowest BCUT2D eigenvalue weighted by Gasteiger charge is -2.20. The molecule has 116 valence electrons. The minimum atomic E-state index is -0.602. The molecule has 0 aromatic heterocycles. The van der Waals surface area contributed by atoms with E-state index >= 15 is 0 Å². The van der Waals surface area contributed by atoms with Crippen molar-refractivity contribution in [2.24, 2.45) is 0 Å². The number of ether oxygens (including phenoxy) is 1. The summed E-state index contributed by atoms with van der Waals surface area (Å²) >= 11 is 0. The van der Waals surface area contributed by atoms with Crippen LogP contribution in [0.4, 0.5) is 9.18 Å². The van der Waals surface area contributed by atoms with Crippen molar-refractivity contribution in [1.82, 2.24) is 10.6 Å². The molecule has 0 aliphatic heterocycles. The first kappa shape index (κ1) is 16.9. The molecule has 0 aliphatic rings. The highest BCUT2D eigenvalue weighted by Crippen LogP contribution is 2.12. The number of carbonyl (C=O) groups excluding carboxylic acids is 2. The summed E-state index contributed by atoms with van der Waals surface area (Å²) in [7, 11) is 0. The van der Waals surface area contributed by atoms with Crippen LogP contribution in [0.3, 0.4) is 0 Å². The van der Waals surface area contributed by atoms with Crippen molar-refractivity contribution in [2.45, 2.75) is 39.8 Å². The number of nitrogens with one attached hydrogen (secondary N) is 2. The van der Waals surface area contributed by atoms with Crippen molar-refractivity contribution in [1.29, 1.82) is 0 Å². The number of hydrogen-bond donors (Lipinski definition) is 2. The lowest BCUT2D eigenvalue weighted by Crippen LogP contribution is -2.33. The second-order valence-corrected chi connectivity index (χ2v) is 5.52. The summed E-state index contributed by atoms with van der Waals surface area (Å²) in [6.07, 6.45) is -0.589. The summed E-state index contributed by atoms with van der Waals surface area (Å²) < 4.78 is 18.4. The summed E-state index contributed by atoms with van der Waals surface area (Å²) in [4.78, 5) is 23.5. The normalized spacial score (nSPS) is 10.9. The third-order valence-corrected chi connectivity index (χ3v) is 2.48. The molecular weight excluding hydrogens is 275 g/mol. The summed E-state index contributed by atoms with van der Waals surface area (Å²) in [5.74, 6) is -0.879. The number of hydrogen-bond acceptors (Lipinski definition) is 3. The number of carbonyl (C=O) groups is 2.